The van der Waals surface area contributed by atoms with Crippen molar-refractivity contribution in [3.05, 3.63) is 0 Å². The summed E-state index contributed by atoms with van der Waals surface area (Å²) in [6.07, 6.45) is 1.37. The monoisotopic (exact) mass is 127 g/mol. The van der Waals surface area contributed by atoms with Crippen LogP contribution in [0.5, 0.6) is 0 Å². The molecule has 2 aliphatic rings. The second kappa shape index (κ2) is 1.96. The van der Waals surface area contributed by atoms with E-state index in [0.717, 1.165) is 25.2 Å². The normalized spacial score (nSPS) is 43.7. The standard InChI is InChI=1S/C7H13NO/c1-8-3-6-2-7(8)5-9-4-6/h6-7H,2-5H2,1H3. The summed E-state index contributed by atoms with van der Waals surface area (Å²) in [4.78, 5) is 2.41. The van der Waals surface area contributed by atoms with Crippen LogP contribution in [0.15, 0.2) is 0 Å². The van der Waals surface area contributed by atoms with E-state index < -0.39 is 0 Å². The topological polar surface area (TPSA) is 12.5 Å². The smallest absolute Gasteiger partial charge is 0.0621 e. The molecule has 2 fully saturated rings. The van der Waals surface area contributed by atoms with Gasteiger partial charge in [0.15, 0.2) is 0 Å². The zero-order valence-electron chi connectivity index (χ0n) is 5.84. The van der Waals surface area contributed by atoms with Crippen molar-refractivity contribution in [3.63, 3.8) is 0 Å². The Kier molecular flexibility index (Phi) is 1.24. The molecular weight excluding hydrogens is 114 g/mol. The number of nitrogens with zero attached hydrogens (tertiary/aromatic N) is 1. The largest absolute Gasteiger partial charge is 0.379 e. The van der Waals surface area contributed by atoms with E-state index in [-0.39, 0.29) is 0 Å². The summed E-state index contributed by atoms with van der Waals surface area (Å²) >= 11 is 0. The molecule has 2 atom stereocenters. The minimum absolute atomic E-state index is 0.740. The molecular formula is C7H13NO. The van der Waals surface area contributed by atoms with Gasteiger partial charge >= 0.3 is 0 Å². The average molecular weight is 127 g/mol. The van der Waals surface area contributed by atoms with Gasteiger partial charge in [-0.3, -0.25) is 0 Å². The molecule has 0 radical (unpaired) electrons. The van der Waals surface area contributed by atoms with E-state index in [4.69, 9.17) is 4.74 Å². The van der Waals surface area contributed by atoms with E-state index >= 15 is 0 Å². The van der Waals surface area contributed by atoms with Crippen LogP contribution in [0.1, 0.15) is 6.42 Å². The summed E-state index contributed by atoms with van der Waals surface area (Å²) in [6.45, 7) is 3.22. The lowest BCUT2D eigenvalue weighted by molar-refractivity contribution is 0.0568. The van der Waals surface area contributed by atoms with Crippen LogP contribution < -0.4 is 0 Å². The molecule has 52 valence electrons. The van der Waals surface area contributed by atoms with Crippen LogP contribution in [0.25, 0.3) is 0 Å². The molecule has 0 amide bonds. The molecule has 0 aromatic heterocycles. The Morgan fingerprint density at radius 3 is 3.00 bits per heavy atom. The lowest BCUT2D eigenvalue weighted by Crippen LogP contribution is -2.29. The van der Waals surface area contributed by atoms with Crippen molar-refractivity contribution in [2.45, 2.75) is 12.5 Å². The van der Waals surface area contributed by atoms with E-state index in [1.165, 1.54) is 13.0 Å². The summed E-state index contributed by atoms with van der Waals surface area (Å²) in [5.41, 5.74) is 0. The molecule has 0 aromatic rings. The highest BCUT2D eigenvalue weighted by atomic mass is 16.5. The van der Waals surface area contributed by atoms with Gasteiger partial charge in [-0.2, -0.15) is 0 Å². The number of fused-ring (bicyclic) bond motifs is 2. The average Bonchev–Trinajstić information content (AvgIpc) is 2.09. The summed E-state index contributed by atoms with van der Waals surface area (Å²) in [6, 6.07) is 0.740. The maximum atomic E-state index is 5.39. The third-order valence-corrected chi connectivity index (χ3v) is 2.44. The van der Waals surface area contributed by atoms with Gasteiger partial charge in [0, 0.05) is 12.6 Å². The maximum Gasteiger partial charge on any atom is 0.0621 e. The van der Waals surface area contributed by atoms with Crippen molar-refractivity contribution in [3.8, 4) is 0 Å². The van der Waals surface area contributed by atoms with Gasteiger partial charge in [-0.1, -0.05) is 0 Å². The number of rotatable bonds is 0. The fourth-order valence-electron chi connectivity index (χ4n) is 1.88. The Morgan fingerprint density at radius 2 is 2.33 bits per heavy atom. The number of hydrogen-bond donors (Lipinski definition) is 0. The highest BCUT2D eigenvalue weighted by Gasteiger charge is 2.33. The van der Waals surface area contributed by atoms with E-state index in [2.05, 4.69) is 11.9 Å². The van der Waals surface area contributed by atoms with E-state index in [1.807, 2.05) is 0 Å². The molecule has 9 heavy (non-hydrogen) atoms. The Morgan fingerprint density at radius 1 is 1.44 bits per heavy atom. The first-order valence-corrected chi connectivity index (χ1v) is 3.64. The lowest BCUT2D eigenvalue weighted by Gasteiger charge is -2.20. The predicted molar refractivity (Wildman–Crippen MR) is 35.3 cm³/mol. The van der Waals surface area contributed by atoms with Gasteiger partial charge in [0.2, 0.25) is 0 Å². The van der Waals surface area contributed by atoms with Crippen molar-refractivity contribution in [2.75, 3.05) is 26.8 Å². The summed E-state index contributed by atoms with van der Waals surface area (Å²) in [5.74, 6) is 0.841. The number of hydrogen-bond acceptors (Lipinski definition) is 2. The summed E-state index contributed by atoms with van der Waals surface area (Å²) in [5, 5.41) is 0. The number of likely N-dealkylation sites (tertiary alicyclic amines) is 1. The molecule has 2 saturated heterocycles. The van der Waals surface area contributed by atoms with Gasteiger partial charge in [0.25, 0.3) is 0 Å². The molecule has 2 unspecified atom stereocenters. The molecule has 2 heterocycles. The first-order valence-electron chi connectivity index (χ1n) is 3.64. The molecule has 2 nitrogen and oxygen atoms in total. The Balaban J connectivity index is 2.07. The first kappa shape index (κ1) is 5.69. The third-order valence-electron chi connectivity index (χ3n) is 2.44. The number of likely N-dealkylation sites (N-methyl/N-ethyl adjacent to an activating group) is 1. The van der Waals surface area contributed by atoms with E-state index in [0.29, 0.717) is 0 Å². The SMILES string of the molecule is CN1CC2COCC1C2. The van der Waals surface area contributed by atoms with Gasteiger partial charge in [0.05, 0.1) is 13.2 Å². The molecule has 0 aliphatic carbocycles. The van der Waals surface area contributed by atoms with Crippen molar-refractivity contribution < 1.29 is 4.74 Å². The maximum absolute atomic E-state index is 5.39. The van der Waals surface area contributed by atoms with Gasteiger partial charge < -0.3 is 9.64 Å². The van der Waals surface area contributed by atoms with Crippen LogP contribution in [0.2, 0.25) is 0 Å². The number of ether oxygens (including phenoxy) is 1. The van der Waals surface area contributed by atoms with Crippen LogP contribution in [0, 0.1) is 5.92 Å². The third kappa shape index (κ3) is 0.864. The van der Waals surface area contributed by atoms with Crippen LogP contribution in [0.4, 0.5) is 0 Å². The fourth-order valence-corrected chi connectivity index (χ4v) is 1.88. The van der Waals surface area contributed by atoms with E-state index in [1.54, 1.807) is 0 Å². The zero-order chi connectivity index (χ0) is 6.27. The minimum atomic E-state index is 0.740. The Bertz CT molecular complexity index is 113. The van der Waals surface area contributed by atoms with Crippen molar-refractivity contribution >= 4 is 0 Å². The zero-order valence-corrected chi connectivity index (χ0v) is 5.84. The molecule has 0 spiro atoms. The highest BCUT2D eigenvalue weighted by Crippen LogP contribution is 2.25. The van der Waals surface area contributed by atoms with Crippen LogP contribution >= 0.6 is 0 Å². The molecule has 2 rings (SSSR count). The Labute approximate surface area is 55.8 Å². The van der Waals surface area contributed by atoms with Gasteiger partial charge in [-0.25, -0.2) is 0 Å². The Hall–Kier alpha value is -0.0800. The molecule has 0 saturated carbocycles. The van der Waals surface area contributed by atoms with Gasteiger partial charge in [0.1, 0.15) is 0 Å². The lowest BCUT2D eigenvalue weighted by atomic mass is 10.1. The minimum Gasteiger partial charge on any atom is -0.379 e. The molecule has 2 bridgehead atoms. The molecule has 2 heteroatoms. The molecule has 2 aliphatic heterocycles. The van der Waals surface area contributed by atoms with Crippen molar-refractivity contribution in [1.29, 1.82) is 0 Å². The van der Waals surface area contributed by atoms with E-state index in [9.17, 15) is 0 Å². The van der Waals surface area contributed by atoms with Crippen molar-refractivity contribution in [1.82, 2.24) is 4.90 Å². The quantitative estimate of drug-likeness (QED) is 0.465. The van der Waals surface area contributed by atoms with Crippen LogP contribution in [-0.4, -0.2) is 37.7 Å². The second-order valence-corrected chi connectivity index (χ2v) is 3.23. The van der Waals surface area contributed by atoms with Crippen LogP contribution in [-0.2, 0) is 4.74 Å². The predicted octanol–water partition coefficient (Wildman–Crippen LogP) is 0.337. The first-order chi connectivity index (χ1) is 4.36. The fraction of sp³-hybridized carbons (Fsp3) is 1.00. The second-order valence-electron chi connectivity index (χ2n) is 3.23. The summed E-state index contributed by atoms with van der Waals surface area (Å²) < 4.78 is 5.39. The molecule has 0 N–H and O–H groups in total. The molecule has 0 aromatic carbocycles. The van der Waals surface area contributed by atoms with Gasteiger partial charge in [-0.15, -0.1) is 0 Å². The van der Waals surface area contributed by atoms with Crippen LogP contribution in [0.3, 0.4) is 0 Å². The highest BCUT2D eigenvalue weighted by molar-refractivity contribution is 4.85. The van der Waals surface area contributed by atoms with Crippen molar-refractivity contribution in [2.24, 2.45) is 5.92 Å². The van der Waals surface area contributed by atoms with Gasteiger partial charge in [-0.05, 0) is 19.4 Å². The summed E-state index contributed by atoms with van der Waals surface area (Å²) in [7, 11) is 2.19.